The van der Waals surface area contributed by atoms with Gasteiger partial charge < -0.3 is 20.0 Å². The Hall–Kier alpha value is -3.55. The number of rotatable bonds is 7. The van der Waals surface area contributed by atoms with Gasteiger partial charge in [0.2, 0.25) is 0 Å². The van der Waals surface area contributed by atoms with Crippen molar-refractivity contribution in [2.45, 2.75) is 58.5 Å². The fourth-order valence-electron chi connectivity index (χ4n) is 5.09. The summed E-state index contributed by atoms with van der Waals surface area (Å²) < 4.78 is 0. The number of phenols is 1. The second-order valence-electron chi connectivity index (χ2n) is 11.1. The third-order valence-electron chi connectivity index (χ3n) is 7.21. The monoisotopic (exact) mass is 493 g/mol. The van der Waals surface area contributed by atoms with Crippen LogP contribution in [0.15, 0.2) is 48.5 Å². The molecule has 3 amide bonds. The summed E-state index contributed by atoms with van der Waals surface area (Å²) in [6, 6.07) is 14.0. The molecule has 0 aromatic heterocycles. The summed E-state index contributed by atoms with van der Waals surface area (Å²) in [5.74, 6) is -0.850. The number of amides is 3. The van der Waals surface area contributed by atoms with E-state index in [0.29, 0.717) is 39.0 Å². The number of anilines is 1. The zero-order chi connectivity index (χ0) is 26.1. The summed E-state index contributed by atoms with van der Waals surface area (Å²) in [5, 5.41) is 18.8. The highest BCUT2D eigenvalue weighted by molar-refractivity contribution is 6.07. The van der Waals surface area contributed by atoms with Crippen LogP contribution in [0.5, 0.6) is 5.75 Å². The number of phenolic OH excluding ortho intramolecular Hbond substituents is 1. The Morgan fingerprint density at radius 2 is 1.67 bits per heavy atom. The van der Waals surface area contributed by atoms with E-state index in [0.717, 1.165) is 23.2 Å². The second-order valence-corrected chi connectivity index (χ2v) is 11.1. The van der Waals surface area contributed by atoms with Crippen molar-refractivity contribution in [1.82, 2.24) is 9.80 Å². The van der Waals surface area contributed by atoms with Gasteiger partial charge in [0.1, 0.15) is 11.3 Å². The first kappa shape index (κ1) is 25.5. The van der Waals surface area contributed by atoms with Crippen LogP contribution in [-0.2, 0) is 22.6 Å². The first-order valence-corrected chi connectivity index (χ1v) is 12.5. The molecule has 0 unspecified atom stereocenters. The topological polar surface area (TPSA) is 101 Å². The minimum atomic E-state index is -0.915. The van der Waals surface area contributed by atoms with Crippen LogP contribution in [0.4, 0.5) is 10.5 Å². The van der Waals surface area contributed by atoms with E-state index in [1.54, 1.807) is 35.2 Å². The molecule has 0 aliphatic carbocycles. The molecule has 0 atom stereocenters. The minimum absolute atomic E-state index is 0.0115. The average molecular weight is 494 g/mol. The van der Waals surface area contributed by atoms with Gasteiger partial charge in [-0.3, -0.25) is 14.5 Å². The first-order chi connectivity index (χ1) is 17.0. The molecule has 2 saturated heterocycles. The lowest BCUT2D eigenvalue weighted by Crippen LogP contribution is -2.56. The molecule has 2 heterocycles. The van der Waals surface area contributed by atoms with Crippen molar-refractivity contribution in [1.29, 1.82) is 0 Å². The van der Waals surface area contributed by atoms with E-state index in [1.807, 2.05) is 18.2 Å². The van der Waals surface area contributed by atoms with Gasteiger partial charge >= 0.3 is 12.0 Å². The highest BCUT2D eigenvalue weighted by Crippen LogP contribution is 2.40. The number of piperidine rings is 1. The molecule has 2 aromatic carbocycles. The Labute approximate surface area is 212 Å². The van der Waals surface area contributed by atoms with Gasteiger partial charge in [0.25, 0.3) is 5.91 Å². The van der Waals surface area contributed by atoms with Gasteiger partial charge in [-0.25, -0.2) is 4.79 Å². The first-order valence-electron chi connectivity index (χ1n) is 12.5. The van der Waals surface area contributed by atoms with Crippen LogP contribution in [0.1, 0.15) is 51.2 Å². The van der Waals surface area contributed by atoms with Crippen molar-refractivity contribution in [2.75, 3.05) is 24.5 Å². The maximum absolute atomic E-state index is 13.8. The molecule has 1 spiro atoms. The van der Waals surface area contributed by atoms with Crippen LogP contribution in [-0.4, -0.2) is 63.1 Å². The molecule has 0 bridgehead atoms. The Morgan fingerprint density at radius 3 is 2.28 bits per heavy atom. The van der Waals surface area contributed by atoms with Crippen molar-refractivity contribution in [3.63, 3.8) is 0 Å². The molecule has 2 aliphatic heterocycles. The zero-order valence-electron chi connectivity index (χ0n) is 21.2. The van der Waals surface area contributed by atoms with Crippen LogP contribution in [0.25, 0.3) is 0 Å². The van der Waals surface area contributed by atoms with Gasteiger partial charge in [0.05, 0.1) is 6.42 Å². The largest absolute Gasteiger partial charge is 0.508 e. The van der Waals surface area contributed by atoms with Gasteiger partial charge in [-0.15, -0.1) is 0 Å². The second kappa shape index (κ2) is 9.84. The fraction of sp³-hybridized carbons (Fsp3) is 0.464. The van der Waals surface area contributed by atoms with Crippen molar-refractivity contribution in [3.8, 4) is 5.75 Å². The lowest BCUT2D eigenvalue weighted by molar-refractivity contribution is -0.136. The third kappa shape index (κ3) is 5.32. The highest BCUT2D eigenvalue weighted by atomic mass is 16.4. The normalized spacial score (nSPS) is 17.8. The van der Waals surface area contributed by atoms with Crippen molar-refractivity contribution < 1.29 is 24.6 Å². The number of hydrogen-bond donors (Lipinski definition) is 2. The van der Waals surface area contributed by atoms with E-state index in [1.165, 1.54) is 4.90 Å². The molecular formula is C28H35N3O5. The van der Waals surface area contributed by atoms with Crippen LogP contribution in [0.3, 0.4) is 0 Å². The number of benzene rings is 2. The summed E-state index contributed by atoms with van der Waals surface area (Å²) in [5.41, 5.74) is 1.59. The van der Waals surface area contributed by atoms with Gasteiger partial charge in [0.15, 0.2) is 0 Å². The predicted octanol–water partition coefficient (Wildman–Crippen LogP) is 4.26. The fourth-order valence-corrected chi connectivity index (χ4v) is 5.09. The lowest BCUT2D eigenvalue weighted by atomic mass is 9.85. The molecule has 8 nitrogen and oxygen atoms in total. The molecule has 2 N–H and O–H groups in total. The number of imide groups is 1. The number of hydrogen-bond acceptors (Lipinski definition) is 5. The summed E-state index contributed by atoms with van der Waals surface area (Å²) >= 11 is 0. The Bertz CT molecular complexity index is 1130. The molecule has 4 rings (SSSR count). The summed E-state index contributed by atoms with van der Waals surface area (Å²) in [6.07, 6.45) is 1.66. The quantitative estimate of drug-likeness (QED) is 0.559. The molecule has 0 radical (unpaired) electrons. The zero-order valence-corrected chi connectivity index (χ0v) is 21.2. The number of carboxylic acid groups (broad SMARTS) is 1. The SMILES string of the molecule is CC(C)(C)CCN1C(=O)N(Cc2ccc(O)cc2)C2(CCN(c3cccc(CC(=O)O)c3)CC2)C1=O. The van der Waals surface area contributed by atoms with E-state index in [-0.39, 0.29) is 29.5 Å². The van der Waals surface area contributed by atoms with Crippen LogP contribution in [0, 0.1) is 5.41 Å². The van der Waals surface area contributed by atoms with Crippen molar-refractivity contribution in [3.05, 3.63) is 59.7 Å². The lowest BCUT2D eigenvalue weighted by Gasteiger charge is -2.43. The van der Waals surface area contributed by atoms with E-state index < -0.39 is 11.5 Å². The molecule has 8 heteroatoms. The molecule has 0 saturated carbocycles. The maximum atomic E-state index is 13.8. The number of carbonyl (C=O) groups is 3. The predicted molar refractivity (Wildman–Crippen MR) is 137 cm³/mol. The van der Waals surface area contributed by atoms with E-state index in [9.17, 15) is 19.5 Å². The number of carbonyl (C=O) groups excluding carboxylic acids is 2. The molecule has 2 aliphatic rings. The third-order valence-corrected chi connectivity index (χ3v) is 7.21. The van der Waals surface area contributed by atoms with E-state index in [2.05, 4.69) is 25.7 Å². The standard InChI is InChI=1S/C28H35N3O5/c1-27(2,3)11-16-30-25(35)28(31(26(30)36)19-20-7-9-23(32)10-8-20)12-14-29(15-13-28)22-6-4-5-21(17-22)18-24(33)34/h4-10,17,32H,11-16,18-19H2,1-3H3,(H,33,34). The number of nitrogens with zero attached hydrogens (tertiary/aromatic N) is 3. The van der Waals surface area contributed by atoms with Crippen molar-refractivity contribution in [2.24, 2.45) is 5.41 Å². The molecule has 192 valence electrons. The van der Waals surface area contributed by atoms with Crippen LogP contribution < -0.4 is 4.90 Å². The number of aliphatic carboxylic acids is 1. The molecule has 2 aromatic rings. The van der Waals surface area contributed by atoms with Crippen LogP contribution >= 0.6 is 0 Å². The smallest absolute Gasteiger partial charge is 0.327 e. The van der Waals surface area contributed by atoms with E-state index in [4.69, 9.17) is 5.11 Å². The summed E-state index contributed by atoms with van der Waals surface area (Å²) in [6.45, 7) is 8.13. The maximum Gasteiger partial charge on any atom is 0.327 e. The van der Waals surface area contributed by atoms with Gasteiger partial charge in [-0.1, -0.05) is 45.0 Å². The Balaban J connectivity index is 1.58. The molecular weight excluding hydrogens is 458 g/mol. The Kier molecular flexibility index (Phi) is 6.98. The van der Waals surface area contributed by atoms with Crippen LogP contribution in [0.2, 0.25) is 0 Å². The number of carboxylic acids is 1. The summed E-state index contributed by atoms with van der Waals surface area (Å²) in [4.78, 5) is 43.9. The Morgan fingerprint density at radius 1 is 1.00 bits per heavy atom. The number of urea groups is 1. The van der Waals surface area contributed by atoms with E-state index >= 15 is 0 Å². The van der Waals surface area contributed by atoms with Gasteiger partial charge in [0, 0.05) is 31.9 Å². The highest BCUT2D eigenvalue weighted by Gasteiger charge is 2.57. The van der Waals surface area contributed by atoms with Gasteiger partial charge in [-0.05, 0) is 60.1 Å². The van der Waals surface area contributed by atoms with Crippen molar-refractivity contribution >= 4 is 23.6 Å². The molecule has 36 heavy (non-hydrogen) atoms. The minimum Gasteiger partial charge on any atom is -0.508 e. The van der Waals surface area contributed by atoms with Gasteiger partial charge in [-0.2, -0.15) is 0 Å². The number of aromatic hydroxyl groups is 1. The molecule has 2 fully saturated rings. The summed E-state index contributed by atoms with van der Waals surface area (Å²) in [7, 11) is 0. The average Bonchev–Trinajstić information content (AvgIpc) is 3.00.